The summed E-state index contributed by atoms with van der Waals surface area (Å²) in [5.41, 5.74) is 10.5. The standard InChI is InChI=1S/C36H24N6/c1-5-16-37-29(12-1)33-21-27(22-34(41-33)30-13-2-6-17-38-30)25-10-9-11-26(20-25)28-23-35(31-14-3-7-18-39-31)42-36(24-28)32-15-4-8-19-40-32/h1-24H. The van der Waals surface area contributed by atoms with Crippen LogP contribution in [0.5, 0.6) is 0 Å². The Bertz CT molecular complexity index is 1710. The lowest BCUT2D eigenvalue weighted by Crippen LogP contribution is -1.95. The van der Waals surface area contributed by atoms with Crippen molar-refractivity contribution in [3.8, 4) is 67.8 Å². The molecule has 0 aliphatic heterocycles. The van der Waals surface area contributed by atoms with Gasteiger partial charge in [0.05, 0.1) is 45.6 Å². The minimum Gasteiger partial charge on any atom is -0.255 e. The van der Waals surface area contributed by atoms with Crippen molar-refractivity contribution in [1.82, 2.24) is 29.9 Å². The van der Waals surface area contributed by atoms with Crippen molar-refractivity contribution in [1.29, 1.82) is 0 Å². The summed E-state index contributed by atoms with van der Waals surface area (Å²) in [6.45, 7) is 0. The average Bonchev–Trinajstić information content (AvgIpc) is 3.09. The molecular formula is C36H24N6. The van der Waals surface area contributed by atoms with E-state index in [2.05, 4.69) is 68.5 Å². The SMILES string of the molecule is c1ccc(-c2cc(-c3cccc(-c4cc(-c5ccccn5)nc(-c5ccccn5)c4)c3)cc(-c3ccccn3)n2)nc1. The molecule has 42 heavy (non-hydrogen) atoms. The van der Waals surface area contributed by atoms with Gasteiger partial charge in [0.1, 0.15) is 0 Å². The predicted octanol–water partition coefficient (Wildman–Crippen LogP) is 8.06. The van der Waals surface area contributed by atoms with Gasteiger partial charge in [0.15, 0.2) is 0 Å². The molecule has 6 heterocycles. The monoisotopic (exact) mass is 540 g/mol. The lowest BCUT2D eigenvalue weighted by atomic mass is 9.97. The van der Waals surface area contributed by atoms with Crippen molar-refractivity contribution in [2.45, 2.75) is 0 Å². The van der Waals surface area contributed by atoms with E-state index in [4.69, 9.17) is 9.97 Å². The Hall–Kier alpha value is -5.88. The van der Waals surface area contributed by atoms with E-state index in [0.29, 0.717) is 0 Å². The lowest BCUT2D eigenvalue weighted by molar-refractivity contribution is 1.22. The van der Waals surface area contributed by atoms with Gasteiger partial charge >= 0.3 is 0 Å². The molecule has 0 spiro atoms. The van der Waals surface area contributed by atoms with Gasteiger partial charge in [-0.2, -0.15) is 0 Å². The molecule has 0 saturated heterocycles. The topological polar surface area (TPSA) is 77.3 Å². The fourth-order valence-electron chi connectivity index (χ4n) is 4.85. The second-order valence-corrected chi connectivity index (χ2v) is 9.69. The molecule has 0 N–H and O–H groups in total. The van der Waals surface area contributed by atoms with Crippen LogP contribution in [-0.2, 0) is 0 Å². The quantitative estimate of drug-likeness (QED) is 0.212. The summed E-state index contributed by atoms with van der Waals surface area (Å²) in [4.78, 5) is 28.1. The smallest absolute Gasteiger partial charge is 0.0900 e. The molecule has 6 aromatic heterocycles. The zero-order valence-corrected chi connectivity index (χ0v) is 22.5. The van der Waals surface area contributed by atoms with Gasteiger partial charge < -0.3 is 0 Å². The highest BCUT2D eigenvalue weighted by molar-refractivity contribution is 5.80. The highest BCUT2D eigenvalue weighted by Crippen LogP contribution is 2.33. The first-order chi connectivity index (χ1) is 20.8. The Labute approximate surface area is 243 Å². The summed E-state index contributed by atoms with van der Waals surface area (Å²) in [7, 11) is 0. The first kappa shape index (κ1) is 25.1. The molecule has 198 valence electrons. The Balaban J connectivity index is 1.37. The molecule has 0 fully saturated rings. The molecule has 7 rings (SSSR count). The van der Waals surface area contributed by atoms with Gasteiger partial charge in [-0.1, -0.05) is 42.5 Å². The fraction of sp³-hybridized carbons (Fsp3) is 0. The van der Waals surface area contributed by atoms with E-state index in [9.17, 15) is 0 Å². The Morgan fingerprint density at radius 1 is 0.262 bits per heavy atom. The number of nitrogens with zero attached hydrogens (tertiary/aromatic N) is 6. The largest absolute Gasteiger partial charge is 0.255 e. The maximum absolute atomic E-state index is 4.92. The Morgan fingerprint density at radius 3 is 0.881 bits per heavy atom. The van der Waals surface area contributed by atoms with Gasteiger partial charge in [0, 0.05) is 24.8 Å². The zero-order chi connectivity index (χ0) is 28.1. The highest BCUT2D eigenvalue weighted by Gasteiger charge is 2.13. The number of hydrogen-bond donors (Lipinski definition) is 0. The van der Waals surface area contributed by atoms with Crippen LogP contribution in [0, 0.1) is 0 Å². The van der Waals surface area contributed by atoms with E-state index in [1.165, 1.54) is 0 Å². The Morgan fingerprint density at radius 2 is 0.595 bits per heavy atom. The van der Waals surface area contributed by atoms with Crippen LogP contribution in [0.15, 0.2) is 146 Å². The minimum atomic E-state index is 0.790. The molecule has 1 aromatic carbocycles. The number of rotatable bonds is 6. The van der Waals surface area contributed by atoms with E-state index in [1.54, 1.807) is 24.8 Å². The normalized spacial score (nSPS) is 10.9. The lowest BCUT2D eigenvalue weighted by Gasteiger charge is -2.12. The maximum Gasteiger partial charge on any atom is 0.0900 e. The molecule has 0 bridgehead atoms. The molecule has 0 unspecified atom stereocenters. The molecule has 0 radical (unpaired) electrons. The van der Waals surface area contributed by atoms with Crippen LogP contribution in [0.2, 0.25) is 0 Å². The van der Waals surface area contributed by atoms with Crippen molar-refractivity contribution in [2.75, 3.05) is 0 Å². The van der Waals surface area contributed by atoms with Crippen molar-refractivity contribution < 1.29 is 0 Å². The van der Waals surface area contributed by atoms with Gasteiger partial charge in [-0.3, -0.25) is 19.9 Å². The maximum atomic E-state index is 4.92. The molecule has 6 heteroatoms. The molecule has 0 amide bonds. The first-order valence-corrected chi connectivity index (χ1v) is 13.6. The number of hydrogen-bond acceptors (Lipinski definition) is 6. The van der Waals surface area contributed by atoms with Gasteiger partial charge in [-0.15, -0.1) is 0 Å². The van der Waals surface area contributed by atoms with Crippen LogP contribution < -0.4 is 0 Å². The van der Waals surface area contributed by atoms with E-state index in [1.807, 2.05) is 72.8 Å². The zero-order valence-electron chi connectivity index (χ0n) is 22.5. The van der Waals surface area contributed by atoms with Crippen LogP contribution in [0.3, 0.4) is 0 Å². The third-order valence-corrected chi connectivity index (χ3v) is 6.89. The molecule has 7 aromatic rings. The van der Waals surface area contributed by atoms with Gasteiger partial charge in [-0.25, -0.2) is 9.97 Å². The molecule has 0 saturated carbocycles. The summed E-state index contributed by atoms with van der Waals surface area (Å²) in [5.74, 6) is 0. The summed E-state index contributed by atoms with van der Waals surface area (Å²) in [5, 5.41) is 0. The van der Waals surface area contributed by atoms with E-state index in [0.717, 1.165) is 67.8 Å². The molecule has 0 aliphatic rings. The summed E-state index contributed by atoms with van der Waals surface area (Å²) in [6.07, 6.45) is 7.14. The minimum absolute atomic E-state index is 0.790. The van der Waals surface area contributed by atoms with Crippen molar-refractivity contribution in [3.63, 3.8) is 0 Å². The van der Waals surface area contributed by atoms with Crippen LogP contribution in [0.1, 0.15) is 0 Å². The van der Waals surface area contributed by atoms with E-state index >= 15 is 0 Å². The van der Waals surface area contributed by atoms with Crippen molar-refractivity contribution in [2.24, 2.45) is 0 Å². The molecular weight excluding hydrogens is 516 g/mol. The average molecular weight is 541 g/mol. The van der Waals surface area contributed by atoms with Crippen molar-refractivity contribution in [3.05, 3.63) is 146 Å². The van der Waals surface area contributed by atoms with Crippen LogP contribution >= 0.6 is 0 Å². The van der Waals surface area contributed by atoms with Crippen LogP contribution in [0.25, 0.3) is 67.8 Å². The number of benzene rings is 1. The fourth-order valence-corrected chi connectivity index (χ4v) is 4.85. The van der Waals surface area contributed by atoms with Crippen LogP contribution in [0.4, 0.5) is 0 Å². The molecule has 6 nitrogen and oxygen atoms in total. The van der Waals surface area contributed by atoms with Gasteiger partial charge in [0.25, 0.3) is 0 Å². The third kappa shape index (κ3) is 5.29. The second-order valence-electron chi connectivity index (χ2n) is 9.69. The van der Waals surface area contributed by atoms with E-state index < -0.39 is 0 Å². The van der Waals surface area contributed by atoms with Gasteiger partial charge in [0.2, 0.25) is 0 Å². The van der Waals surface area contributed by atoms with Crippen LogP contribution in [-0.4, -0.2) is 29.9 Å². The van der Waals surface area contributed by atoms with E-state index in [-0.39, 0.29) is 0 Å². The second kappa shape index (κ2) is 11.3. The summed E-state index contributed by atoms with van der Waals surface area (Å²) in [6, 6.07) is 40.2. The summed E-state index contributed by atoms with van der Waals surface area (Å²) >= 11 is 0. The highest BCUT2D eigenvalue weighted by atomic mass is 14.8. The number of pyridine rings is 6. The Kier molecular flexibility index (Phi) is 6.76. The molecule has 0 atom stereocenters. The predicted molar refractivity (Wildman–Crippen MR) is 166 cm³/mol. The van der Waals surface area contributed by atoms with Crippen molar-refractivity contribution >= 4 is 0 Å². The first-order valence-electron chi connectivity index (χ1n) is 13.6. The third-order valence-electron chi connectivity index (χ3n) is 6.89. The summed E-state index contributed by atoms with van der Waals surface area (Å²) < 4.78 is 0. The molecule has 0 aliphatic carbocycles. The van der Waals surface area contributed by atoms with Gasteiger partial charge in [-0.05, 0) is 101 Å². The number of aromatic nitrogens is 6.